The highest BCUT2D eigenvalue weighted by Gasteiger charge is 2.27. The molecule has 0 spiro atoms. The number of aromatic nitrogens is 1. The van der Waals surface area contributed by atoms with Crippen LogP contribution in [0.2, 0.25) is 0 Å². The fraction of sp³-hybridized carbons (Fsp3) is 0.765. The lowest BCUT2D eigenvalue weighted by Crippen LogP contribution is -2.43. The topological polar surface area (TPSA) is 43.8 Å². The maximum atomic E-state index is 4.83. The fourth-order valence-electron chi connectivity index (χ4n) is 3.17. The summed E-state index contributed by atoms with van der Waals surface area (Å²) in [5.74, 6) is 1.07. The van der Waals surface area contributed by atoms with Crippen LogP contribution < -0.4 is 5.32 Å². The van der Waals surface area contributed by atoms with Crippen LogP contribution in [0.15, 0.2) is 11.2 Å². The highest BCUT2D eigenvalue weighted by atomic mass is 32.1. The summed E-state index contributed by atoms with van der Waals surface area (Å²) >= 11 is 1.77. The largest absolute Gasteiger partial charge is 0.357 e. The zero-order valence-corrected chi connectivity index (χ0v) is 15.8. The highest BCUT2D eigenvalue weighted by Crippen LogP contribution is 2.16. The van der Waals surface area contributed by atoms with Crippen molar-refractivity contribution in [3.63, 3.8) is 0 Å². The third-order valence-electron chi connectivity index (χ3n) is 4.38. The maximum absolute atomic E-state index is 4.83. The van der Waals surface area contributed by atoms with E-state index in [4.69, 9.17) is 4.99 Å². The minimum Gasteiger partial charge on any atom is -0.357 e. The van der Waals surface area contributed by atoms with E-state index >= 15 is 0 Å². The number of likely N-dealkylation sites (tertiary alicyclic amines) is 1. The van der Waals surface area contributed by atoms with E-state index in [2.05, 4.69) is 47.8 Å². The zero-order valence-electron chi connectivity index (χ0n) is 15.0. The predicted molar refractivity (Wildman–Crippen MR) is 99.4 cm³/mol. The fourth-order valence-corrected chi connectivity index (χ4v) is 3.95. The van der Waals surface area contributed by atoms with Crippen LogP contribution in [0.5, 0.6) is 0 Å². The number of hydrogen-bond acceptors (Lipinski definition) is 4. The molecule has 2 heterocycles. The quantitative estimate of drug-likeness (QED) is 0.613. The Morgan fingerprint density at radius 3 is 2.83 bits per heavy atom. The van der Waals surface area contributed by atoms with E-state index in [0.717, 1.165) is 51.6 Å². The minimum atomic E-state index is 0.662. The molecular formula is C17H31N5S. The Kier molecular flexibility index (Phi) is 7.30. The molecule has 0 aliphatic carbocycles. The first-order chi connectivity index (χ1) is 11.2. The van der Waals surface area contributed by atoms with Crippen molar-refractivity contribution in [2.75, 3.05) is 39.3 Å². The molecule has 0 amide bonds. The van der Waals surface area contributed by atoms with Crippen molar-refractivity contribution in [1.82, 2.24) is 20.1 Å². The average Bonchev–Trinajstić information content (AvgIpc) is 3.17. The smallest absolute Gasteiger partial charge is 0.193 e. The van der Waals surface area contributed by atoms with Gasteiger partial charge in [-0.1, -0.05) is 13.8 Å². The van der Waals surface area contributed by atoms with Gasteiger partial charge in [-0.15, -0.1) is 11.3 Å². The van der Waals surface area contributed by atoms with Crippen LogP contribution in [0.3, 0.4) is 0 Å². The first-order valence-corrected chi connectivity index (χ1v) is 9.68. The summed E-state index contributed by atoms with van der Waals surface area (Å²) in [6.45, 7) is 14.9. The molecule has 1 saturated heterocycles. The first kappa shape index (κ1) is 18.2. The summed E-state index contributed by atoms with van der Waals surface area (Å²) in [5.41, 5.74) is 0. The van der Waals surface area contributed by atoms with E-state index in [1.54, 1.807) is 11.3 Å². The standard InChI is InChI=1S/C17H31N5S/c1-5-18-17(19-10-8-16-20-12-14(4)23-16)22-11-9-15(13-22)21(6-2)7-3/h12,15H,5-11,13H2,1-4H3,(H,18,19). The van der Waals surface area contributed by atoms with Gasteiger partial charge < -0.3 is 10.2 Å². The van der Waals surface area contributed by atoms with Crippen LogP contribution in [-0.4, -0.2) is 66.1 Å². The van der Waals surface area contributed by atoms with Gasteiger partial charge >= 0.3 is 0 Å². The van der Waals surface area contributed by atoms with Crippen molar-refractivity contribution in [2.24, 2.45) is 4.99 Å². The van der Waals surface area contributed by atoms with Gasteiger partial charge in [0, 0.05) is 49.7 Å². The lowest BCUT2D eigenvalue weighted by molar-refractivity contribution is 0.223. The number of rotatable bonds is 7. The molecule has 23 heavy (non-hydrogen) atoms. The molecule has 0 radical (unpaired) electrons. The van der Waals surface area contributed by atoms with Crippen molar-refractivity contribution in [2.45, 2.75) is 46.6 Å². The lowest BCUT2D eigenvalue weighted by Gasteiger charge is -2.27. The van der Waals surface area contributed by atoms with E-state index in [9.17, 15) is 0 Å². The van der Waals surface area contributed by atoms with Gasteiger partial charge in [0.15, 0.2) is 5.96 Å². The number of aryl methyl sites for hydroxylation is 1. The van der Waals surface area contributed by atoms with Crippen LogP contribution in [0, 0.1) is 6.92 Å². The second kappa shape index (κ2) is 9.23. The molecule has 2 rings (SSSR count). The molecule has 1 aromatic heterocycles. The monoisotopic (exact) mass is 337 g/mol. The zero-order chi connectivity index (χ0) is 16.7. The van der Waals surface area contributed by atoms with Crippen molar-refractivity contribution >= 4 is 17.3 Å². The van der Waals surface area contributed by atoms with E-state index in [0.29, 0.717) is 6.04 Å². The number of hydrogen-bond donors (Lipinski definition) is 1. The van der Waals surface area contributed by atoms with Crippen LogP contribution in [0.25, 0.3) is 0 Å². The van der Waals surface area contributed by atoms with Crippen LogP contribution in [-0.2, 0) is 6.42 Å². The molecule has 1 N–H and O–H groups in total. The van der Waals surface area contributed by atoms with Crippen LogP contribution in [0.1, 0.15) is 37.1 Å². The number of nitrogens with zero attached hydrogens (tertiary/aromatic N) is 4. The van der Waals surface area contributed by atoms with E-state index in [1.165, 1.54) is 16.3 Å². The van der Waals surface area contributed by atoms with Gasteiger partial charge in [-0.25, -0.2) is 4.98 Å². The second-order valence-corrected chi connectivity index (χ2v) is 7.28. The predicted octanol–water partition coefficient (Wildman–Crippen LogP) is 2.38. The molecule has 0 aromatic carbocycles. The minimum absolute atomic E-state index is 0.662. The van der Waals surface area contributed by atoms with Gasteiger partial charge in [0.2, 0.25) is 0 Å². The average molecular weight is 338 g/mol. The van der Waals surface area contributed by atoms with Crippen molar-refractivity contribution < 1.29 is 0 Å². The first-order valence-electron chi connectivity index (χ1n) is 8.86. The summed E-state index contributed by atoms with van der Waals surface area (Å²) in [5, 5.41) is 4.64. The van der Waals surface area contributed by atoms with Crippen molar-refractivity contribution in [1.29, 1.82) is 0 Å². The number of guanidine groups is 1. The molecule has 1 aliphatic rings. The molecule has 1 fully saturated rings. The van der Waals surface area contributed by atoms with Crippen molar-refractivity contribution in [3.05, 3.63) is 16.1 Å². The normalized spacial score (nSPS) is 18.9. The number of aliphatic imine (C=N–C) groups is 1. The van der Waals surface area contributed by atoms with E-state index < -0.39 is 0 Å². The second-order valence-electron chi connectivity index (χ2n) is 5.96. The molecule has 130 valence electrons. The number of likely N-dealkylation sites (N-methyl/N-ethyl adjacent to an activating group) is 1. The van der Waals surface area contributed by atoms with E-state index in [1.807, 2.05) is 6.20 Å². The lowest BCUT2D eigenvalue weighted by atomic mass is 10.2. The Balaban J connectivity index is 1.91. The van der Waals surface area contributed by atoms with Gasteiger partial charge in [0.1, 0.15) is 0 Å². The Morgan fingerprint density at radius 2 is 2.22 bits per heavy atom. The Hall–Kier alpha value is -1.14. The molecule has 6 heteroatoms. The molecule has 0 bridgehead atoms. The molecule has 1 aliphatic heterocycles. The van der Waals surface area contributed by atoms with Crippen LogP contribution >= 0.6 is 11.3 Å². The summed E-state index contributed by atoms with van der Waals surface area (Å²) in [4.78, 5) is 15.5. The van der Waals surface area contributed by atoms with E-state index in [-0.39, 0.29) is 0 Å². The molecule has 1 atom stereocenters. The Morgan fingerprint density at radius 1 is 1.43 bits per heavy atom. The SMILES string of the molecule is CCNC(=NCCc1ncc(C)s1)N1CCC(N(CC)CC)C1. The maximum Gasteiger partial charge on any atom is 0.193 e. The number of thiazole rings is 1. The van der Waals surface area contributed by atoms with Gasteiger partial charge in [0.05, 0.1) is 5.01 Å². The summed E-state index contributed by atoms with van der Waals surface area (Å²) in [6.07, 6.45) is 4.11. The molecule has 1 unspecified atom stereocenters. The van der Waals surface area contributed by atoms with Crippen molar-refractivity contribution in [3.8, 4) is 0 Å². The van der Waals surface area contributed by atoms with Crippen LogP contribution in [0.4, 0.5) is 0 Å². The third-order valence-corrected chi connectivity index (χ3v) is 5.36. The Bertz CT molecular complexity index is 495. The van der Waals surface area contributed by atoms with Gasteiger partial charge in [0.25, 0.3) is 0 Å². The van der Waals surface area contributed by atoms with Gasteiger partial charge in [-0.2, -0.15) is 0 Å². The highest BCUT2D eigenvalue weighted by molar-refractivity contribution is 7.11. The number of nitrogens with one attached hydrogen (secondary N) is 1. The summed E-state index contributed by atoms with van der Waals surface area (Å²) in [6, 6.07) is 0.662. The Labute approximate surface area is 144 Å². The van der Waals surface area contributed by atoms with Gasteiger partial charge in [-0.3, -0.25) is 9.89 Å². The molecule has 1 aromatic rings. The molecular weight excluding hydrogens is 306 g/mol. The molecule has 5 nitrogen and oxygen atoms in total. The summed E-state index contributed by atoms with van der Waals surface area (Å²) < 4.78 is 0. The molecule has 0 saturated carbocycles. The third kappa shape index (κ3) is 5.18. The van der Waals surface area contributed by atoms with Gasteiger partial charge in [-0.05, 0) is 33.4 Å². The summed E-state index contributed by atoms with van der Waals surface area (Å²) in [7, 11) is 0.